The molecule has 0 aliphatic carbocycles. The number of nitrogens with one attached hydrogen (secondary N) is 1. The molecule has 0 radical (unpaired) electrons. The molecule has 0 saturated carbocycles. The van der Waals surface area contributed by atoms with Gasteiger partial charge in [0.15, 0.2) is 0 Å². The maximum atomic E-state index is 10.7. The van der Waals surface area contributed by atoms with Crippen molar-refractivity contribution < 1.29 is 9.90 Å². The molecule has 0 aromatic rings. The average Bonchev–Trinajstić information content (AvgIpc) is 1.87. The van der Waals surface area contributed by atoms with Crippen LogP contribution in [0.3, 0.4) is 0 Å². The fraction of sp³-hybridized carbons (Fsp3) is 0.833. The predicted octanol–water partition coefficient (Wildman–Crippen LogP) is -0.249. The number of aliphatic hydroxyl groups excluding tert-OH is 1. The summed E-state index contributed by atoms with van der Waals surface area (Å²) < 4.78 is 0. The highest BCUT2D eigenvalue weighted by Gasteiger charge is 2.08. The van der Waals surface area contributed by atoms with Crippen LogP contribution in [0.5, 0.6) is 0 Å². The van der Waals surface area contributed by atoms with Gasteiger partial charge in [0.1, 0.15) is 0 Å². The highest BCUT2D eigenvalue weighted by Crippen LogP contribution is 1.98. The van der Waals surface area contributed by atoms with Crippen LogP contribution in [0.4, 0.5) is 0 Å². The highest BCUT2D eigenvalue weighted by molar-refractivity contribution is 5.77. The Bertz CT molecular complexity index is 93.1. The van der Waals surface area contributed by atoms with Crippen molar-refractivity contribution in [3.05, 3.63) is 0 Å². The molecular weight excluding hydrogens is 118 g/mol. The van der Waals surface area contributed by atoms with E-state index in [1.165, 1.54) is 0 Å². The molecule has 0 bridgehead atoms. The first-order valence-corrected chi connectivity index (χ1v) is 3.04. The van der Waals surface area contributed by atoms with Crippen molar-refractivity contribution in [2.24, 2.45) is 5.92 Å². The van der Waals surface area contributed by atoms with E-state index in [1.54, 1.807) is 14.0 Å². The van der Waals surface area contributed by atoms with E-state index in [-0.39, 0.29) is 18.4 Å². The second-order valence-electron chi connectivity index (χ2n) is 2.03. The van der Waals surface area contributed by atoms with Crippen molar-refractivity contribution in [1.82, 2.24) is 5.32 Å². The Hall–Kier alpha value is -0.570. The van der Waals surface area contributed by atoms with E-state index in [0.29, 0.717) is 6.42 Å². The van der Waals surface area contributed by atoms with Crippen LogP contribution < -0.4 is 5.32 Å². The summed E-state index contributed by atoms with van der Waals surface area (Å²) in [6.45, 7) is 1.86. The Balaban J connectivity index is 3.45. The number of carbonyl (C=O) groups is 1. The Morgan fingerprint density at radius 3 is 2.67 bits per heavy atom. The van der Waals surface area contributed by atoms with Gasteiger partial charge < -0.3 is 10.4 Å². The number of amides is 1. The molecule has 0 spiro atoms. The summed E-state index contributed by atoms with van der Waals surface area (Å²) in [5.41, 5.74) is 0. The molecule has 1 amide bonds. The minimum absolute atomic E-state index is 0.0101. The van der Waals surface area contributed by atoms with E-state index in [9.17, 15) is 4.79 Å². The first-order valence-electron chi connectivity index (χ1n) is 3.04. The number of aliphatic hydroxyl groups is 1. The highest BCUT2D eigenvalue weighted by atomic mass is 16.3. The first kappa shape index (κ1) is 8.43. The number of rotatable bonds is 3. The fourth-order valence-electron chi connectivity index (χ4n) is 0.571. The molecule has 1 unspecified atom stereocenters. The van der Waals surface area contributed by atoms with E-state index < -0.39 is 0 Å². The quantitative estimate of drug-likeness (QED) is 0.555. The molecule has 0 aliphatic rings. The maximum Gasteiger partial charge on any atom is 0.222 e. The van der Waals surface area contributed by atoms with E-state index >= 15 is 0 Å². The maximum absolute atomic E-state index is 10.7. The van der Waals surface area contributed by atoms with Crippen molar-refractivity contribution in [1.29, 1.82) is 0 Å². The van der Waals surface area contributed by atoms with Crippen LogP contribution in [-0.4, -0.2) is 24.7 Å². The average molecular weight is 131 g/mol. The minimum atomic E-state index is -0.0694. The van der Waals surface area contributed by atoms with E-state index in [2.05, 4.69) is 5.32 Å². The van der Waals surface area contributed by atoms with Crippen LogP contribution in [-0.2, 0) is 4.79 Å². The van der Waals surface area contributed by atoms with Crippen molar-refractivity contribution in [2.75, 3.05) is 13.7 Å². The largest absolute Gasteiger partial charge is 0.396 e. The third-order valence-corrected chi connectivity index (χ3v) is 1.26. The lowest BCUT2D eigenvalue weighted by atomic mass is 10.1. The topological polar surface area (TPSA) is 49.3 Å². The molecule has 0 fully saturated rings. The van der Waals surface area contributed by atoms with Gasteiger partial charge in [-0.2, -0.15) is 0 Å². The van der Waals surface area contributed by atoms with Gasteiger partial charge in [-0.1, -0.05) is 6.92 Å². The number of hydrogen-bond donors (Lipinski definition) is 2. The van der Waals surface area contributed by atoms with Gasteiger partial charge in [-0.3, -0.25) is 4.79 Å². The van der Waals surface area contributed by atoms with Crippen molar-refractivity contribution in [2.45, 2.75) is 13.3 Å². The molecule has 3 nitrogen and oxygen atoms in total. The lowest BCUT2D eigenvalue weighted by Crippen LogP contribution is -2.25. The normalized spacial score (nSPS) is 12.8. The van der Waals surface area contributed by atoms with E-state index in [0.717, 1.165) is 0 Å². The summed E-state index contributed by atoms with van der Waals surface area (Å²) in [6, 6.07) is 0. The number of carbonyl (C=O) groups excluding carboxylic acids is 1. The molecule has 0 aliphatic heterocycles. The lowest BCUT2D eigenvalue weighted by molar-refractivity contribution is -0.124. The summed E-state index contributed by atoms with van der Waals surface area (Å²) in [5, 5.41) is 10.9. The van der Waals surface area contributed by atoms with Gasteiger partial charge in [-0.25, -0.2) is 0 Å². The van der Waals surface area contributed by atoms with Gasteiger partial charge in [0.25, 0.3) is 0 Å². The van der Waals surface area contributed by atoms with Gasteiger partial charge >= 0.3 is 0 Å². The SMILES string of the molecule is CNC(=O)C(C)CCO. The van der Waals surface area contributed by atoms with Crippen LogP contribution in [0.2, 0.25) is 0 Å². The Labute approximate surface area is 55.1 Å². The van der Waals surface area contributed by atoms with Crippen LogP contribution in [0.1, 0.15) is 13.3 Å². The van der Waals surface area contributed by atoms with Crippen LogP contribution >= 0.6 is 0 Å². The van der Waals surface area contributed by atoms with Gasteiger partial charge in [0, 0.05) is 19.6 Å². The van der Waals surface area contributed by atoms with E-state index in [4.69, 9.17) is 5.11 Å². The molecule has 3 heteroatoms. The van der Waals surface area contributed by atoms with Crippen molar-refractivity contribution in [3.63, 3.8) is 0 Å². The zero-order valence-corrected chi connectivity index (χ0v) is 5.85. The molecule has 0 heterocycles. The zero-order valence-electron chi connectivity index (χ0n) is 5.85. The van der Waals surface area contributed by atoms with Gasteiger partial charge in [0.05, 0.1) is 0 Å². The molecule has 0 aromatic carbocycles. The molecule has 2 N–H and O–H groups in total. The molecule has 0 aromatic heterocycles. The zero-order chi connectivity index (χ0) is 7.28. The summed E-state index contributed by atoms with van der Waals surface area (Å²) in [6.07, 6.45) is 0.541. The van der Waals surface area contributed by atoms with Gasteiger partial charge in [0.2, 0.25) is 5.91 Å². The number of hydrogen-bond acceptors (Lipinski definition) is 2. The second-order valence-corrected chi connectivity index (χ2v) is 2.03. The summed E-state index contributed by atoms with van der Waals surface area (Å²) in [4.78, 5) is 10.7. The smallest absolute Gasteiger partial charge is 0.222 e. The van der Waals surface area contributed by atoms with Crippen molar-refractivity contribution >= 4 is 5.91 Å². The second kappa shape index (κ2) is 4.32. The summed E-state index contributed by atoms with van der Waals surface area (Å²) in [7, 11) is 1.59. The molecule has 9 heavy (non-hydrogen) atoms. The van der Waals surface area contributed by atoms with Crippen LogP contribution in [0, 0.1) is 5.92 Å². The van der Waals surface area contributed by atoms with Gasteiger partial charge in [-0.05, 0) is 6.42 Å². The third-order valence-electron chi connectivity index (χ3n) is 1.26. The molecule has 1 atom stereocenters. The molecule has 54 valence electrons. The van der Waals surface area contributed by atoms with Gasteiger partial charge in [-0.15, -0.1) is 0 Å². The summed E-state index contributed by atoms with van der Waals surface area (Å²) >= 11 is 0. The van der Waals surface area contributed by atoms with Crippen LogP contribution in [0.15, 0.2) is 0 Å². The Morgan fingerprint density at radius 1 is 1.78 bits per heavy atom. The monoisotopic (exact) mass is 131 g/mol. The van der Waals surface area contributed by atoms with E-state index in [1.807, 2.05) is 0 Å². The lowest BCUT2D eigenvalue weighted by Gasteiger charge is -2.05. The Kier molecular flexibility index (Phi) is 4.05. The molecule has 0 saturated heterocycles. The standard InChI is InChI=1S/C6H13NO2/c1-5(3-4-8)6(9)7-2/h5,8H,3-4H2,1-2H3,(H,7,9). The van der Waals surface area contributed by atoms with Crippen molar-refractivity contribution in [3.8, 4) is 0 Å². The first-order chi connectivity index (χ1) is 4.22. The minimum Gasteiger partial charge on any atom is -0.396 e. The molecule has 0 rings (SSSR count). The third kappa shape index (κ3) is 3.08. The van der Waals surface area contributed by atoms with Crippen LogP contribution in [0.25, 0.3) is 0 Å². The fourth-order valence-corrected chi connectivity index (χ4v) is 0.571. The Morgan fingerprint density at radius 2 is 2.33 bits per heavy atom. The predicted molar refractivity (Wildman–Crippen MR) is 34.9 cm³/mol. The molecular formula is C6H13NO2. The summed E-state index contributed by atoms with van der Waals surface area (Å²) in [5.74, 6) is -0.0796.